The quantitative estimate of drug-likeness (QED) is 0.299. The maximum Gasteiger partial charge on any atom is 0.0794 e. The van der Waals surface area contributed by atoms with Crippen LogP contribution in [0.3, 0.4) is 0 Å². The van der Waals surface area contributed by atoms with Crippen LogP contribution >= 0.6 is 38.5 Å². The largest absolute Gasteiger partial charge is 0.372 e. The van der Waals surface area contributed by atoms with Crippen LogP contribution in [0, 0.1) is 0 Å². The van der Waals surface area contributed by atoms with Crippen LogP contribution in [0.5, 0.6) is 0 Å². The van der Waals surface area contributed by atoms with Crippen molar-refractivity contribution >= 4 is 38.5 Å². The van der Waals surface area contributed by atoms with E-state index in [0.717, 1.165) is 13.6 Å². The third-order valence-corrected chi connectivity index (χ3v) is 5.36. The molecule has 1 aromatic rings. The molecule has 0 heterocycles. The second-order valence-electron chi connectivity index (χ2n) is 4.74. The molecule has 23 heavy (non-hydrogen) atoms. The molecule has 0 N–H and O–H groups in total. The molecule has 0 unspecified atom stereocenters. The summed E-state index contributed by atoms with van der Waals surface area (Å²) in [4.78, 5) is 0. The molecule has 0 saturated carbocycles. The lowest BCUT2D eigenvalue weighted by atomic mass is 10.2. The van der Waals surface area contributed by atoms with Crippen LogP contribution < -0.4 is 0 Å². The first-order valence-corrected chi connectivity index (χ1v) is 9.21. The molecule has 0 bridgehead atoms. The molecule has 0 aromatic heterocycles. The molecule has 0 aliphatic heterocycles. The van der Waals surface area contributed by atoms with Gasteiger partial charge in [0, 0.05) is 8.06 Å². The average molecular weight is 489 g/mol. The molecule has 0 fully saturated rings. The molecule has 124 valence electrons. The molecule has 0 radical (unpaired) electrons. The maximum absolute atomic E-state index is 5.73. The standard InChI is InChI=1S/C19H22BrIO2/c1-3-5-9-16(4-2)12-23-15-19(21)18(20)14-22-13-17-10-7-6-8-11-17/h3-11H,1,12-15H2,2H3/b9-5-,16-4+,19-18+. The number of hydrogen-bond acceptors (Lipinski definition) is 2. The Morgan fingerprint density at radius 3 is 2.57 bits per heavy atom. The number of rotatable bonds is 10. The summed E-state index contributed by atoms with van der Waals surface area (Å²) in [6.45, 7) is 7.96. The van der Waals surface area contributed by atoms with Crippen LogP contribution in [0.15, 0.2) is 74.9 Å². The molecular formula is C19H22BrIO2. The van der Waals surface area contributed by atoms with E-state index in [1.165, 1.54) is 5.56 Å². The summed E-state index contributed by atoms with van der Waals surface area (Å²) in [6, 6.07) is 10.1. The first kappa shape index (κ1) is 20.4. The molecule has 0 atom stereocenters. The highest BCUT2D eigenvalue weighted by Gasteiger charge is 2.03. The molecule has 0 saturated heterocycles. The summed E-state index contributed by atoms with van der Waals surface area (Å²) in [5.41, 5.74) is 2.30. The smallest absolute Gasteiger partial charge is 0.0794 e. The van der Waals surface area contributed by atoms with Crippen molar-refractivity contribution in [2.75, 3.05) is 19.8 Å². The van der Waals surface area contributed by atoms with Gasteiger partial charge in [0.1, 0.15) is 0 Å². The highest BCUT2D eigenvalue weighted by Crippen LogP contribution is 2.20. The molecule has 4 heteroatoms. The topological polar surface area (TPSA) is 18.5 Å². The first-order valence-electron chi connectivity index (χ1n) is 7.34. The Morgan fingerprint density at radius 2 is 1.91 bits per heavy atom. The van der Waals surface area contributed by atoms with Crippen molar-refractivity contribution in [2.45, 2.75) is 13.5 Å². The highest BCUT2D eigenvalue weighted by atomic mass is 127. The minimum absolute atomic E-state index is 0.545. The highest BCUT2D eigenvalue weighted by molar-refractivity contribution is 14.1. The average Bonchev–Trinajstić information content (AvgIpc) is 2.58. The van der Waals surface area contributed by atoms with E-state index in [1.807, 2.05) is 43.4 Å². The normalized spacial score (nSPS) is 13.3. The van der Waals surface area contributed by atoms with Gasteiger partial charge in [-0.1, -0.05) is 77.1 Å². The third-order valence-electron chi connectivity index (χ3n) is 2.95. The molecule has 2 nitrogen and oxygen atoms in total. The molecule has 1 rings (SSSR count). The van der Waals surface area contributed by atoms with Gasteiger partial charge in [0.05, 0.1) is 26.4 Å². The van der Waals surface area contributed by atoms with E-state index < -0.39 is 0 Å². The predicted octanol–water partition coefficient (Wildman–Crippen LogP) is 5.95. The fourth-order valence-electron chi connectivity index (χ4n) is 1.67. The fraction of sp³-hybridized carbons (Fsp3) is 0.263. The minimum atomic E-state index is 0.545. The second-order valence-corrected chi connectivity index (χ2v) is 7.00. The van der Waals surface area contributed by atoms with Gasteiger partial charge in [-0.15, -0.1) is 0 Å². The number of halogens is 2. The molecule has 0 amide bonds. The van der Waals surface area contributed by atoms with Crippen molar-refractivity contribution in [3.05, 3.63) is 80.4 Å². The number of benzene rings is 1. The Bertz CT molecular complexity index is 562. The monoisotopic (exact) mass is 488 g/mol. The summed E-state index contributed by atoms with van der Waals surface area (Å²) in [5.74, 6) is 0. The van der Waals surface area contributed by atoms with Crippen molar-refractivity contribution in [1.82, 2.24) is 0 Å². The van der Waals surface area contributed by atoms with Gasteiger partial charge in [-0.3, -0.25) is 0 Å². The van der Waals surface area contributed by atoms with E-state index in [0.29, 0.717) is 26.4 Å². The van der Waals surface area contributed by atoms with E-state index in [2.05, 4.69) is 57.2 Å². The maximum atomic E-state index is 5.73. The Balaban J connectivity index is 2.33. The number of allylic oxidation sites excluding steroid dienone is 3. The predicted molar refractivity (Wildman–Crippen MR) is 110 cm³/mol. The van der Waals surface area contributed by atoms with Gasteiger partial charge in [0.25, 0.3) is 0 Å². The zero-order valence-corrected chi connectivity index (χ0v) is 17.0. The Hall–Kier alpha value is -0.690. The van der Waals surface area contributed by atoms with Gasteiger partial charge >= 0.3 is 0 Å². The van der Waals surface area contributed by atoms with Gasteiger partial charge in [-0.05, 0) is 40.7 Å². The van der Waals surface area contributed by atoms with Gasteiger partial charge < -0.3 is 9.47 Å². The van der Waals surface area contributed by atoms with Crippen LogP contribution in [0.2, 0.25) is 0 Å². The van der Waals surface area contributed by atoms with Gasteiger partial charge in [0.2, 0.25) is 0 Å². The van der Waals surface area contributed by atoms with Crippen LogP contribution in [0.25, 0.3) is 0 Å². The Morgan fingerprint density at radius 1 is 1.17 bits per heavy atom. The van der Waals surface area contributed by atoms with Crippen LogP contribution in [0.4, 0.5) is 0 Å². The van der Waals surface area contributed by atoms with E-state index in [1.54, 1.807) is 6.08 Å². The fourth-order valence-corrected chi connectivity index (χ4v) is 2.32. The SMILES string of the molecule is C=C/C=C\C(=C/C)COC/C(I)=C(\Br)COCc1ccccc1. The van der Waals surface area contributed by atoms with Crippen molar-refractivity contribution in [2.24, 2.45) is 0 Å². The van der Waals surface area contributed by atoms with E-state index in [4.69, 9.17) is 9.47 Å². The summed E-state index contributed by atoms with van der Waals surface area (Å²) in [6.07, 6.45) is 7.71. The minimum Gasteiger partial charge on any atom is -0.372 e. The van der Waals surface area contributed by atoms with Crippen LogP contribution in [-0.2, 0) is 16.1 Å². The zero-order chi connectivity index (χ0) is 16.9. The van der Waals surface area contributed by atoms with Crippen LogP contribution in [0.1, 0.15) is 12.5 Å². The van der Waals surface area contributed by atoms with E-state index >= 15 is 0 Å². The lowest BCUT2D eigenvalue weighted by Crippen LogP contribution is -2.02. The van der Waals surface area contributed by atoms with Crippen molar-refractivity contribution in [3.8, 4) is 0 Å². The van der Waals surface area contributed by atoms with E-state index in [9.17, 15) is 0 Å². The lowest BCUT2D eigenvalue weighted by Gasteiger charge is -2.08. The summed E-state index contributed by atoms with van der Waals surface area (Å²) >= 11 is 5.85. The summed E-state index contributed by atoms with van der Waals surface area (Å²) in [7, 11) is 0. The molecular weight excluding hydrogens is 467 g/mol. The number of ether oxygens (including phenoxy) is 2. The van der Waals surface area contributed by atoms with Gasteiger partial charge in [-0.2, -0.15) is 0 Å². The molecule has 0 aliphatic carbocycles. The van der Waals surface area contributed by atoms with Crippen molar-refractivity contribution < 1.29 is 9.47 Å². The lowest BCUT2D eigenvalue weighted by molar-refractivity contribution is 0.145. The van der Waals surface area contributed by atoms with Crippen molar-refractivity contribution in [1.29, 1.82) is 0 Å². The summed E-state index contributed by atoms with van der Waals surface area (Å²) < 4.78 is 13.6. The summed E-state index contributed by atoms with van der Waals surface area (Å²) in [5, 5.41) is 0. The van der Waals surface area contributed by atoms with Crippen LogP contribution in [-0.4, -0.2) is 19.8 Å². The molecule has 0 aliphatic rings. The van der Waals surface area contributed by atoms with E-state index in [-0.39, 0.29) is 0 Å². The number of hydrogen-bond donors (Lipinski definition) is 0. The van der Waals surface area contributed by atoms with Gasteiger partial charge in [0.15, 0.2) is 0 Å². The molecule has 1 aromatic carbocycles. The molecule has 0 spiro atoms. The van der Waals surface area contributed by atoms with Gasteiger partial charge in [-0.25, -0.2) is 0 Å². The Kier molecular flexibility index (Phi) is 11.2. The first-order chi connectivity index (χ1) is 11.2. The second kappa shape index (κ2) is 12.7. The van der Waals surface area contributed by atoms with Crippen molar-refractivity contribution in [3.63, 3.8) is 0 Å². The third kappa shape index (κ3) is 9.25. The zero-order valence-electron chi connectivity index (χ0n) is 13.3. The Labute approximate surface area is 161 Å².